The standard InChI is InChI=1S/C13H20N2/c1-10-7-11(2)9-15(8-10)13-6-4-3-5-12(13)14/h3-6,10-11H,7-9,14H2,1-2H3/t10-,11+. The quantitative estimate of drug-likeness (QED) is 0.713. The maximum atomic E-state index is 6.00. The predicted molar refractivity (Wildman–Crippen MR) is 66.0 cm³/mol. The summed E-state index contributed by atoms with van der Waals surface area (Å²) in [4.78, 5) is 2.42. The lowest BCUT2D eigenvalue weighted by Crippen LogP contribution is -2.39. The third-order valence-corrected chi connectivity index (χ3v) is 3.15. The molecule has 2 nitrogen and oxygen atoms in total. The van der Waals surface area contributed by atoms with E-state index in [9.17, 15) is 0 Å². The van der Waals surface area contributed by atoms with E-state index >= 15 is 0 Å². The average Bonchev–Trinajstić information content (AvgIpc) is 2.16. The summed E-state index contributed by atoms with van der Waals surface area (Å²) >= 11 is 0. The minimum Gasteiger partial charge on any atom is -0.397 e. The van der Waals surface area contributed by atoms with Gasteiger partial charge in [0.05, 0.1) is 11.4 Å². The second-order valence-electron chi connectivity index (χ2n) is 4.91. The molecule has 0 amide bonds. The number of nitrogens with two attached hydrogens (primary N) is 1. The van der Waals surface area contributed by atoms with Crippen molar-refractivity contribution in [3.8, 4) is 0 Å². The highest BCUT2D eigenvalue weighted by Gasteiger charge is 2.22. The number of hydrogen-bond acceptors (Lipinski definition) is 2. The van der Waals surface area contributed by atoms with E-state index in [1.54, 1.807) is 0 Å². The van der Waals surface area contributed by atoms with Crippen LogP contribution in [0, 0.1) is 11.8 Å². The molecule has 0 aromatic heterocycles. The van der Waals surface area contributed by atoms with Crippen LogP contribution in [-0.2, 0) is 0 Å². The number of benzene rings is 1. The van der Waals surface area contributed by atoms with Crippen molar-refractivity contribution in [2.24, 2.45) is 11.8 Å². The van der Waals surface area contributed by atoms with Gasteiger partial charge in [-0.1, -0.05) is 26.0 Å². The Hall–Kier alpha value is -1.18. The van der Waals surface area contributed by atoms with E-state index in [1.165, 1.54) is 12.1 Å². The number of hydrogen-bond donors (Lipinski definition) is 1. The van der Waals surface area contributed by atoms with Gasteiger partial charge in [-0.15, -0.1) is 0 Å². The largest absolute Gasteiger partial charge is 0.397 e. The second kappa shape index (κ2) is 4.13. The van der Waals surface area contributed by atoms with Crippen LogP contribution in [0.5, 0.6) is 0 Å². The molecule has 1 heterocycles. The highest BCUT2D eigenvalue weighted by atomic mass is 15.1. The van der Waals surface area contributed by atoms with Crippen LogP contribution in [-0.4, -0.2) is 13.1 Å². The van der Waals surface area contributed by atoms with E-state index in [4.69, 9.17) is 5.73 Å². The highest BCUT2D eigenvalue weighted by Crippen LogP contribution is 2.29. The van der Waals surface area contributed by atoms with Crippen LogP contribution in [0.2, 0.25) is 0 Å². The molecule has 1 aliphatic rings. The molecule has 2 heteroatoms. The van der Waals surface area contributed by atoms with Crippen LogP contribution in [0.4, 0.5) is 11.4 Å². The Balaban J connectivity index is 2.20. The first-order valence-corrected chi connectivity index (χ1v) is 5.76. The highest BCUT2D eigenvalue weighted by molar-refractivity contribution is 5.67. The van der Waals surface area contributed by atoms with Gasteiger partial charge in [-0.2, -0.15) is 0 Å². The van der Waals surface area contributed by atoms with E-state index in [-0.39, 0.29) is 0 Å². The lowest BCUT2D eigenvalue weighted by atomic mass is 9.91. The Morgan fingerprint density at radius 1 is 1.13 bits per heavy atom. The molecule has 1 aliphatic heterocycles. The number of piperidine rings is 1. The summed E-state index contributed by atoms with van der Waals surface area (Å²) in [5.74, 6) is 1.54. The third kappa shape index (κ3) is 2.25. The maximum absolute atomic E-state index is 6.00. The van der Waals surface area contributed by atoms with Gasteiger partial charge >= 0.3 is 0 Å². The Morgan fingerprint density at radius 3 is 2.33 bits per heavy atom. The van der Waals surface area contributed by atoms with Gasteiger partial charge in [-0.25, -0.2) is 0 Å². The summed E-state index contributed by atoms with van der Waals surface area (Å²) < 4.78 is 0. The van der Waals surface area contributed by atoms with Gasteiger partial charge in [0.2, 0.25) is 0 Å². The van der Waals surface area contributed by atoms with Crippen LogP contribution in [0.25, 0.3) is 0 Å². The lowest BCUT2D eigenvalue weighted by molar-refractivity contribution is 0.357. The van der Waals surface area contributed by atoms with E-state index < -0.39 is 0 Å². The topological polar surface area (TPSA) is 29.3 Å². The number of para-hydroxylation sites is 2. The molecule has 2 rings (SSSR count). The van der Waals surface area contributed by atoms with E-state index in [0.29, 0.717) is 0 Å². The fourth-order valence-corrected chi connectivity index (χ4v) is 2.64. The first-order chi connectivity index (χ1) is 7.16. The van der Waals surface area contributed by atoms with Crippen molar-refractivity contribution < 1.29 is 0 Å². The normalized spacial score (nSPS) is 26.7. The minimum absolute atomic E-state index is 0.772. The smallest absolute Gasteiger partial charge is 0.0600 e. The number of nitrogen functional groups attached to an aromatic ring is 1. The molecule has 1 fully saturated rings. The van der Waals surface area contributed by atoms with Gasteiger partial charge in [0.25, 0.3) is 0 Å². The van der Waals surface area contributed by atoms with Crippen molar-refractivity contribution in [2.45, 2.75) is 20.3 Å². The Kier molecular flexibility index (Phi) is 2.85. The van der Waals surface area contributed by atoms with Crippen LogP contribution in [0.15, 0.2) is 24.3 Å². The molecule has 15 heavy (non-hydrogen) atoms. The summed E-state index contributed by atoms with van der Waals surface area (Å²) in [5.41, 5.74) is 8.11. The van der Waals surface area contributed by atoms with Crippen molar-refractivity contribution in [3.05, 3.63) is 24.3 Å². The van der Waals surface area contributed by atoms with Crippen molar-refractivity contribution in [2.75, 3.05) is 23.7 Å². The van der Waals surface area contributed by atoms with Crippen LogP contribution in [0.1, 0.15) is 20.3 Å². The summed E-state index contributed by atoms with van der Waals surface area (Å²) in [6, 6.07) is 8.17. The molecule has 0 unspecified atom stereocenters. The summed E-state index contributed by atoms with van der Waals surface area (Å²) in [7, 11) is 0. The third-order valence-electron chi connectivity index (χ3n) is 3.15. The Labute approximate surface area is 92.1 Å². The Bertz CT molecular complexity index is 325. The molecular formula is C13H20N2. The molecule has 0 spiro atoms. The Morgan fingerprint density at radius 2 is 1.73 bits per heavy atom. The summed E-state index contributed by atoms with van der Waals surface area (Å²) in [5, 5.41) is 0. The second-order valence-corrected chi connectivity index (χ2v) is 4.91. The van der Waals surface area contributed by atoms with Gasteiger partial charge in [0.15, 0.2) is 0 Å². The zero-order chi connectivity index (χ0) is 10.8. The molecular weight excluding hydrogens is 184 g/mol. The minimum atomic E-state index is 0.772. The molecule has 82 valence electrons. The molecule has 0 aliphatic carbocycles. The molecule has 0 bridgehead atoms. The van der Waals surface area contributed by atoms with Gasteiger partial charge in [-0.3, -0.25) is 0 Å². The number of anilines is 2. The van der Waals surface area contributed by atoms with Gasteiger partial charge in [0, 0.05) is 13.1 Å². The molecule has 1 aromatic carbocycles. The first-order valence-electron chi connectivity index (χ1n) is 5.76. The molecule has 0 radical (unpaired) electrons. The van der Waals surface area contributed by atoms with Gasteiger partial charge in [-0.05, 0) is 30.4 Å². The van der Waals surface area contributed by atoms with E-state index in [2.05, 4.69) is 30.9 Å². The van der Waals surface area contributed by atoms with Crippen molar-refractivity contribution >= 4 is 11.4 Å². The fraction of sp³-hybridized carbons (Fsp3) is 0.538. The van der Waals surface area contributed by atoms with E-state index in [0.717, 1.165) is 30.6 Å². The van der Waals surface area contributed by atoms with Gasteiger partial charge < -0.3 is 10.6 Å². The number of nitrogens with zero attached hydrogens (tertiary/aromatic N) is 1. The van der Waals surface area contributed by atoms with E-state index in [1.807, 2.05) is 12.1 Å². The molecule has 1 aromatic rings. The van der Waals surface area contributed by atoms with Crippen molar-refractivity contribution in [1.29, 1.82) is 0 Å². The number of rotatable bonds is 1. The monoisotopic (exact) mass is 204 g/mol. The molecule has 1 saturated heterocycles. The van der Waals surface area contributed by atoms with Crippen LogP contribution < -0.4 is 10.6 Å². The average molecular weight is 204 g/mol. The summed E-state index contributed by atoms with van der Waals surface area (Å²) in [6.45, 7) is 6.92. The first kappa shape index (κ1) is 10.3. The lowest BCUT2D eigenvalue weighted by Gasteiger charge is -2.37. The zero-order valence-electron chi connectivity index (χ0n) is 9.61. The van der Waals surface area contributed by atoms with Crippen LogP contribution >= 0.6 is 0 Å². The van der Waals surface area contributed by atoms with Gasteiger partial charge in [0.1, 0.15) is 0 Å². The van der Waals surface area contributed by atoms with Crippen LogP contribution in [0.3, 0.4) is 0 Å². The fourth-order valence-electron chi connectivity index (χ4n) is 2.64. The van der Waals surface area contributed by atoms with Crippen molar-refractivity contribution in [1.82, 2.24) is 0 Å². The molecule has 0 saturated carbocycles. The zero-order valence-corrected chi connectivity index (χ0v) is 9.61. The van der Waals surface area contributed by atoms with Crippen molar-refractivity contribution in [3.63, 3.8) is 0 Å². The summed E-state index contributed by atoms with van der Waals surface area (Å²) in [6.07, 6.45) is 1.34. The molecule has 2 atom stereocenters. The molecule has 2 N–H and O–H groups in total. The predicted octanol–water partition coefficient (Wildman–Crippen LogP) is 2.75. The SMILES string of the molecule is C[C@@H]1C[C@H](C)CN(c2ccccc2N)C1. The maximum Gasteiger partial charge on any atom is 0.0600 e.